The van der Waals surface area contributed by atoms with E-state index in [9.17, 15) is 0 Å². The first-order chi connectivity index (χ1) is 15.9. The number of aryl methyl sites for hydroxylation is 3. The molecule has 170 valence electrons. The minimum Gasteiger partial charge on any atom is -0.491 e. The van der Waals surface area contributed by atoms with Crippen molar-refractivity contribution in [3.63, 3.8) is 0 Å². The van der Waals surface area contributed by atoms with Crippen LogP contribution in [0, 0.1) is 26.2 Å². The van der Waals surface area contributed by atoms with Crippen LogP contribution < -0.4 is 10.1 Å². The van der Waals surface area contributed by atoms with E-state index in [2.05, 4.69) is 44.4 Å². The van der Waals surface area contributed by atoms with E-state index in [1.165, 1.54) is 0 Å². The van der Waals surface area contributed by atoms with Crippen LogP contribution in [0.25, 0.3) is 16.6 Å². The summed E-state index contributed by atoms with van der Waals surface area (Å²) in [6.07, 6.45) is 4.78. The zero-order valence-electron chi connectivity index (χ0n) is 19.4. The molecular formula is C25H28N6O2. The number of pyridine rings is 2. The third-order valence-corrected chi connectivity index (χ3v) is 5.88. The molecule has 0 saturated carbocycles. The molecule has 5 heterocycles. The van der Waals surface area contributed by atoms with Gasteiger partial charge in [0.2, 0.25) is 0 Å². The van der Waals surface area contributed by atoms with Crippen molar-refractivity contribution in [3.8, 4) is 16.9 Å². The Balaban J connectivity index is 1.43. The third-order valence-electron chi connectivity index (χ3n) is 5.88. The Morgan fingerprint density at radius 1 is 1.09 bits per heavy atom. The summed E-state index contributed by atoms with van der Waals surface area (Å²) >= 11 is 0. The van der Waals surface area contributed by atoms with E-state index < -0.39 is 0 Å². The second kappa shape index (κ2) is 8.44. The van der Waals surface area contributed by atoms with Crippen molar-refractivity contribution in [1.29, 1.82) is 0 Å². The first kappa shape index (κ1) is 21.3. The predicted molar refractivity (Wildman–Crippen MR) is 127 cm³/mol. The van der Waals surface area contributed by atoms with Crippen LogP contribution in [0.15, 0.2) is 42.7 Å². The van der Waals surface area contributed by atoms with Gasteiger partial charge in [0, 0.05) is 47.3 Å². The molecule has 0 unspecified atom stereocenters. The molecule has 1 saturated heterocycles. The first-order valence-corrected chi connectivity index (χ1v) is 11.1. The molecule has 1 atom stereocenters. The Morgan fingerprint density at radius 2 is 1.97 bits per heavy atom. The summed E-state index contributed by atoms with van der Waals surface area (Å²) in [7, 11) is 0. The highest BCUT2D eigenvalue weighted by Gasteiger charge is 2.31. The standard InChI is InChI=1S/C25H28N6O2/c1-16-9-21(22(13-26-16)33-15-25(4)6-8-32-14-25)19-5-7-31-20(11-19)12-24(30-31)29-23-10-17(2)27-18(3)28-23/h5,7,9-13H,6,8,14-15H2,1-4H3,(H,27,28,29,30)/t25-/m1/s1. The number of hydrogen-bond donors (Lipinski definition) is 1. The smallest absolute Gasteiger partial charge is 0.154 e. The number of ether oxygens (including phenoxy) is 2. The Kier molecular flexibility index (Phi) is 5.46. The number of nitrogens with zero attached hydrogens (tertiary/aromatic N) is 5. The monoisotopic (exact) mass is 444 g/mol. The van der Waals surface area contributed by atoms with Crippen molar-refractivity contribution in [1.82, 2.24) is 24.6 Å². The molecular weight excluding hydrogens is 416 g/mol. The molecule has 1 N–H and O–H groups in total. The number of rotatable bonds is 6. The fourth-order valence-corrected chi connectivity index (χ4v) is 4.10. The van der Waals surface area contributed by atoms with Crippen LogP contribution in [0.3, 0.4) is 0 Å². The van der Waals surface area contributed by atoms with Gasteiger partial charge < -0.3 is 14.8 Å². The number of anilines is 2. The normalized spacial score (nSPS) is 18.1. The molecule has 1 fully saturated rings. The molecule has 0 radical (unpaired) electrons. The summed E-state index contributed by atoms with van der Waals surface area (Å²) in [5.41, 5.74) is 4.93. The zero-order valence-corrected chi connectivity index (χ0v) is 19.4. The topological polar surface area (TPSA) is 86.5 Å². The van der Waals surface area contributed by atoms with Gasteiger partial charge in [0.15, 0.2) is 5.82 Å². The van der Waals surface area contributed by atoms with Gasteiger partial charge in [-0.1, -0.05) is 6.92 Å². The van der Waals surface area contributed by atoms with E-state index in [0.717, 1.165) is 70.9 Å². The quantitative estimate of drug-likeness (QED) is 0.463. The van der Waals surface area contributed by atoms with Gasteiger partial charge in [-0.2, -0.15) is 5.10 Å². The minimum atomic E-state index is 0.0375. The lowest BCUT2D eigenvalue weighted by Gasteiger charge is -2.23. The number of nitrogens with one attached hydrogen (secondary N) is 1. The molecule has 0 aromatic carbocycles. The van der Waals surface area contributed by atoms with Crippen molar-refractivity contribution in [3.05, 3.63) is 59.9 Å². The number of aromatic nitrogens is 5. The van der Waals surface area contributed by atoms with Crippen molar-refractivity contribution in [2.24, 2.45) is 5.41 Å². The molecule has 4 aromatic heterocycles. The van der Waals surface area contributed by atoms with Crippen LogP contribution in [0.5, 0.6) is 5.75 Å². The molecule has 8 nitrogen and oxygen atoms in total. The second-order valence-electron chi connectivity index (χ2n) is 9.10. The van der Waals surface area contributed by atoms with E-state index in [1.54, 1.807) is 0 Å². The van der Waals surface area contributed by atoms with Gasteiger partial charge in [0.05, 0.1) is 24.9 Å². The molecule has 33 heavy (non-hydrogen) atoms. The van der Waals surface area contributed by atoms with Crippen molar-refractivity contribution < 1.29 is 9.47 Å². The van der Waals surface area contributed by atoms with Crippen LogP contribution in [0.2, 0.25) is 0 Å². The van der Waals surface area contributed by atoms with Gasteiger partial charge >= 0.3 is 0 Å². The van der Waals surface area contributed by atoms with Gasteiger partial charge in [-0.05, 0) is 51.0 Å². The van der Waals surface area contributed by atoms with E-state index in [1.807, 2.05) is 55.9 Å². The maximum atomic E-state index is 6.26. The lowest BCUT2D eigenvalue weighted by Crippen LogP contribution is -2.25. The molecule has 0 aliphatic carbocycles. The average molecular weight is 445 g/mol. The van der Waals surface area contributed by atoms with Crippen LogP contribution in [-0.4, -0.2) is 44.4 Å². The highest BCUT2D eigenvalue weighted by Crippen LogP contribution is 2.34. The zero-order chi connectivity index (χ0) is 23.0. The van der Waals surface area contributed by atoms with Crippen molar-refractivity contribution in [2.75, 3.05) is 25.1 Å². The Bertz CT molecular complexity index is 1290. The largest absolute Gasteiger partial charge is 0.491 e. The number of hydrogen-bond acceptors (Lipinski definition) is 7. The molecule has 8 heteroatoms. The predicted octanol–water partition coefficient (Wildman–Crippen LogP) is 4.66. The Morgan fingerprint density at radius 3 is 2.76 bits per heavy atom. The summed E-state index contributed by atoms with van der Waals surface area (Å²) < 4.78 is 13.7. The Labute approximate surface area is 193 Å². The van der Waals surface area contributed by atoms with Gasteiger partial charge in [-0.3, -0.25) is 4.98 Å². The lowest BCUT2D eigenvalue weighted by atomic mass is 9.91. The third kappa shape index (κ3) is 4.66. The van der Waals surface area contributed by atoms with Crippen LogP contribution >= 0.6 is 0 Å². The van der Waals surface area contributed by atoms with Crippen LogP contribution in [0.1, 0.15) is 30.6 Å². The molecule has 4 aromatic rings. The summed E-state index contributed by atoms with van der Waals surface area (Å²) in [6, 6.07) is 10.1. The summed E-state index contributed by atoms with van der Waals surface area (Å²) in [6.45, 7) is 10.1. The molecule has 1 aliphatic heterocycles. The van der Waals surface area contributed by atoms with Crippen molar-refractivity contribution in [2.45, 2.75) is 34.1 Å². The summed E-state index contributed by atoms with van der Waals surface area (Å²) in [5, 5.41) is 7.91. The summed E-state index contributed by atoms with van der Waals surface area (Å²) in [5.74, 6) is 2.96. The van der Waals surface area contributed by atoms with Crippen LogP contribution in [0.4, 0.5) is 11.6 Å². The van der Waals surface area contributed by atoms with Gasteiger partial charge in [0.1, 0.15) is 17.4 Å². The average Bonchev–Trinajstić information content (AvgIpc) is 3.37. The first-order valence-electron chi connectivity index (χ1n) is 11.1. The van der Waals surface area contributed by atoms with E-state index in [4.69, 9.17) is 9.47 Å². The molecule has 1 aliphatic rings. The van der Waals surface area contributed by atoms with E-state index in [0.29, 0.717) is 6.61 Å². The fourth-order valence-electron chi connectivity index (χ4n) is 4.10. The Hall–Kier alpha value is -3.52. The minimum absolute atomic E-state index is 0.0375. The van der Waals surface area contributed by atoms with Gasteiger partial charge in [-0.15, -0.1) is 0 Å². The highest BCUT2D eigenvalue weighted by atomic mass is 16.5. The van der Waals surface area contributed by atoms with Crippen molar-refractivity contribution >= 4 is 17.2 Å². The number of fused-ring (bicyclic) bond motifs is 1. The maximum absolute atomic E-state index is 6.26. The molecule has 5 rings (SSSR count). The van der Waals surface area contributed by atoms with Gasteiger partial charge in [-0.25, -0.2) is 14.5 Å². The second-order valence-corrected chi connectivity index (χ2v) is 9.10. The molecule has 0 bridgehead atoms. The van der Waals surface area contributed by atoms with Gasteiger partial charge in [0.25, 0.3) is 0 Å². The lowest BCUT2D eigenvalue weighted by molar-refractivity contribution is 0.118. The molecule has 0 amide bonds. The summed E-state index contributed by atoms with van der Waals surface area (Å²) in [4.78, 5) is 13.2. The van der Waals surface area contributed by atoms with E-state index >= 15 is 0 Å². The maximum Gasteiger partial charge on any atom is 0.154 e. The fraction of sp³-hybridized carbons (Fsp3) is 0.360. The van der Waals surface area contributed by atoms with E-state index in [-0.39, 0.29) is 5.41 Å². The SMILES string of the molecule is Cc1cc(-c2ccn3nc(Nc4cc(C)nc(C)n4)cc3c2)c(OC[C@]2(C)CCOC2)cn1. The molecule has 0 spiro atoms. The highest BCUT2D eigenvalue weighted by molar-refractivity contribution is 5.75. The van der Waals surface area contributed by atoms with Crippen LogP contribution in [-0.2, 0) is 4.74 Å².